The molecule has 1 heterocycles. The molecule has 0 saturated heterocycles. The van der Waals surface area contributed by atoms with Gasteiger partial charge in [0.1, 0.15) is 12.7 Å². The number of aromatic carboxylic acids is 1. The van der Waals surface area contributed by atoms with Crippen molar-refractivity contribution < 1.29 is 19.4 Å². The Morgan fingerprint density at radius 3 is 2.89 bits per heavy atom. The number of hydrogen-bond acceptors (Lipinski definition) is 4. The zero-order valence-electron chi connectivity index (χ0n) is 9.64. The molecule has 1 aromatic rings. The van der Waals surface area contributed by atoms with Gasteiger partial charge in [0.05, 0.1) is 11.3 Å². The topological polar surface area (TPSA) is 104 Å². The normalized spacial score (nSPS) is 9.33. The van der Waals surface area contributed by atoms with Crippen LogP contribution >= 0.6 is 0 Å². The maximum atomic E-state index is 11.3. The van der Waals surface area contributed by atoms with E-state index in [1.807, 2.05) is 0 Å². The average molecular weight is 249 g/mol. The molecule has 2 N–H and O–H groups in total. The first-order chi connectivity index (χ1) is 8.51. The SMILES string of the molecule is C=CCOC(=O)Nc1c(C#N)cn(C)c1C(=O)O. The molecule has 0 atom stereocenters. The van der Waals surface area contributed by atoms with E-state index in [0.717, 1.165) is 0 Å². The molecule has 1 rings (SSSR count). The van der Waals surface area contributed by atoms with Gasteiger partial charge in [-0.2, -0.15) is 5.26 Å². The minimum absolute atomic E-state index is 0.0110. The molecule has 0 unspecified atom stereocenters. The standard InChI is InChI=1S/C11H11N3O4/c1-3-4-18-11(17)13-8-7(5-12)6-14(2)9(8)10(15)16/h3,6H,1,4H2,2H3,(H,13,17)(H,15,16). The lowest BCUT2D eigenvalue weighted by molar-refractivity contribution is 0.0688. The van der Waals surface area contributed by atoms with Crippen molar-refractivity contribution >= 4 is 17.7 Å². The molecule has 0 aliphatic rings. The van der Waals surface area contributed by atoms with Crippen molar-refractivity contribution in [2.45, 2.75) is 0 Å². The first-order valence-electron chi connectivity index (χ1n) is 4.88. The Morgan fingerprint density at radius 2 is 2.39 bits per heavy atom. The van der Waals surface area contributed by atoms with Crippen molar-refractivity contribution in [2.24, 2.45) is 7.05 Å². The van der Waals surface area contributed by atoms with Gasteiger partial charge in [-0.25, -0.2) is 9.59 Å². The highest BCUT2D eigenvalue weighted by molar-refractivity contribution is 5.99. The largest absolute Gasteiger partial charge is 0.477 e. The molecule has 0 fully saturated rings. The van der Waals surface area contributed by atoms with Crippen LogP contribution in [0.15, 0.2) is 18.9 Å². The van der Waals surface area contributed by atoms with E-state index in [9.17, 15) is 9.59 Å². The molecule has 0 radical (unpaired) electrons. The van der Waals surface area contributed by atoms with Gasteiger partial charge in [-0.15, -0.1) is 0 Å². The molecular weight excluding hydrogens is 238 g/mol. The highest BCUT2D eigenvalue weighted by Crippen LogP contribution is 2.22. The third-order valence-electron chi connectivity index (χ3n) is 2.06. The number of amides is 1. The third kappa shape index (κ3) is 2.68. The molecule has 18 heavy (non-hydrogen) atoms. The van der Waals surface area contributed by atoms with E-state index in [1.54, 1.807) is 6.07 Å². The summed E-state index contributed by atoms with van der Waals surface area (Å²) >= 11 is 0. The average Bonchev–Trinajstić information content (AvgIpc) is 2.62. The first-order valence-corrected chi connectivity index (χ1v) is 4.88. The van der Waals surface area contributed by atoms with Gasteiger partial charge in [0.2, 0.25) is 0 Å². The lowest BCUT2D eigenvalue weighted by atomic mass is 10.2. The highest BCUT2D eigenvalue weighted by Gasteiger charge is 2.21. The number of aromatic nitrogens is 1. The first kappa shape index (κ1) is 13.3. The summed E-state index contributed by atoms with van der Waals surface area (Å²) in [7, 11) is 1.46. The van der Waals surface area contributed by atoms with E-state index in [1.165, 1.54) is 23.9 Å². The van der Waals surface area contributed by atoms with Crippen LogP contribution in [0.4, 0.5) is 10.5 Å². The van der Waals surface area contributed by atoms with Gasteiger partial charge in [0, 0.05) is 13.2 Å². The fraction of sp³-hybridized carbons (Fsp3) is 0.182. The molecule has 7 nitrogen and oxygen atoms in total. The monoisotopic (exact) mass is 249 g/mol. The van der Waals surface area contributed by atoms with Crippen LogP contribution in [0.1, 0.15) is 16.1 Å². The van der Waals surface area contributed by atoms with Gasteiger partial charge in [-0.3, -0.25) is 5.32 Å². The number of rotatable bonds is 4. The predicted octanol–water partition coefficient (Wildman–Crippen LogP) is 1.33. The van der Waals surface area contributed by atoms with Crippen molar-refractivity contribution in [1.82, 2.24) is 4.57 Å². The van der Waals surface area contributed by atoms with Gasteiger partial charge in [-0.05, 0) is 0 Å². The molecule has 0 spiro atoms. The Labute approximate surface area is 103 Å². The van der Waals surface area contributed by atoms with Crippen LogP contribution in [-0.2, 0) is 11.8 Å². The Kier molecular flexibility index (Phi) is 4.10. The molecule has 1 amide bonds. The number of aryl methyl sites for hydroxylation is 1. The molecule has 7 heteroatoms. The second-order valence-corrected chi connectivity index (χ2v) is 3.31. The Balaban J connectivity index is 3.07. The van der Waals surface area contributed by atoms with Gasteiger partial charge in [0.15, 0.2) is 5.69 Å². The molecule has 0 aromatic carbocycles. The summed E-state index contributed by atoms with van der Waals surface area (Å²) < 4.78 is 5.90. The number of hydrogen-bond donors (Lipinski definition) is 2. The molecular formula is C11H11N3O4. The number of nitriles is 1. The molecule has 94 valence electrons. The highest BCUT2D eigenvalue weighted by atomic mass is 16.5. The van der Waals surface area contributed by atoms with Crippen molar-refractivity contribution in [2.75, 3.05) is 11.9 Å². The lowest BCUT2D eigenvalue weighted by Crippen LogP contribution is -2.17. The van der Waals surface area contributed by atoms with E-state index in [-0.39, 0.29) is 23.6 Å². The second-order valence-electron chi connectivity index (χ2n) is 3.31. The predicted molar refractivity (Wildman–Crippen MR) is 62.3 cm³/mol. The molecule has 0 aliphatic carbocycles. The molecule has 0 bridgehead atoms. The van der Waals surface area contributed by atoms with Crippen LogP contribution in [0.5, 0.6) is 0 Å². The molecule has 0 aliphatic heterocycles. The maximum Gasteiger partial charge on any atom is 0.412 e. The summed E-state index contributed by atoms with van der Waals surface area (Å²) in [6.07, 6.45) is 1.83. The van der Waals surface area contributed by atoms with E-state index in [2.05, 4.69) is 16.6 Å². The molecule has 1 aromatic heterocycles. The number of carboxylic acids is 1. The zero-order valence-corrected chi connectivity index (χ0v) is 9.64. The van der Waals surface area contributed by atoms with Crippen LogP contribution in [0, 0.1) is 11.3 Å². The number of nitrogens with one attached hydrogen (secondary N) is 1. The van der Waals surface area contributed by atoms with Crippen molar-refractivity contribution in [3.63, 3.8) is 0 Å². The van der Waals surface area contributed by atoms with Gasteiger partial charge in [-0.1, -0.05) is 12.7 Å². The lowest BCUT2D eigenvalue weighted by Gasteiger charge is -2.06. The quantitative estimate of drug-likeness (QED) is 0.783. The Morgan fingerprint density at radius 1 is 1.72 bits per heavy atom. The minimum Gasteiger partial charge on any atom is -0.477 e. The van der Waals surface area contributed by atoms with E-state index < -0.39 is 12.1 Å². The van der Waals surface area contributed by atoms with E-state index in [4.69, 9.17) is 10.4 Å². The zero-order chi connectivity index (χ0) is 13.7. The smallest absolute Gasteiger partial charge is 0.412 e. The number of nitrogens with zero attached hydrogens (tertiary/aromatic N) is 2. The summed E-state index contributed by atoms with van der Waals surface area (Å²) in [6.45, 7) is 3.36. The third-order valence-corrected chi connectivity index (χ3v) is 2.06. The van der Waals surface area contributed by atoms with E-state index >= 15 is 0 Å². The number of ether oxygens (including phenoxy) is 1. The summed E-state index contributed by atoms with van der Waals surface area (Å²) in [5.41, 5.74) is -0.228. The Bertz CT molecular complexity index is 539. The van der Waals surface area contributed by atoms with Gasteiger partial charge >= 0.3 is 12.1 Å². The fourth-order valence-electron chi connectivity index (χ4n) is 1.37. The number of carbonyl (C=O) groups excluding carboxylic acids is 1. The minimum atomic E-state index is -1.25. The van der Waals surface area contributed by atoms with Crippen LogP contribution in [0.25, 0.3) is 0 Å². The number of carbonyl (C=O) groups is 2. The van der Waals surface area contributed by atoms with Crippen molar-refractivity contribution in [3.05, 3.63) is 30.1 Å². The Hall–Kier alpha value is -2.75. The van der Waals surface area contributed by atoms with E-state index in [0.29, 0.717) is 0 Å². The summed E-state index contributed by atoms with van der Waals surface area (Å²) in [4.78, 5) is 22.4. The van der Waals surface area contributed by atoms with Crippen LogP contribution in [-0.4, -0.2) is 28.3 Å². The summed E-state index contributed by atoms with van der Waals surface area (Å²) in [6, 6.07) is 1.80. The van der Waals surface area contributed by atoms with Crippen molar-refractivity contribution in [3.8, 4) is 6.07 Å². The van der Waals surface area contributed by atoms with Gasteiger partial charge in [0.25, 0.3) is 0 Å². The second kappa shape index (κ2) is 5.54. The van der Waals surface area contributed by atoms with Crippen molar-refractivity contribution in [1.29, 1.82) is 5.26 Å². The number of anilines is 1. The van der Waals surface area contributed by atoms with Crippen LogP contribution in [0.2, 0.25) is 0 Å². The van der Waals surface area contributed by atoms with Gasteiger partial charge < -0.3 is 14.4 Å². The molecule has 0 saturated carbocycles. The summed E-state index contributed by atoms with van der Waals surface area (Å²) in [5.74, 6) is -1.25. The number of carboxylic acid groups (broad SMARTS) is 1. The van der Waals surface area contributed by atoms with Crippen LogP contribution in [0.3, 0.4) is 0 Å². The van der Waals surface area contributed by atoms with Crippen LogP contribution < -0.4 is 5.32 Å². The maximum absolute atomic E-state index is 11.3. The fourth-order valence-corrected chi connectivity index (χ4v) is 1.37. The summed E-state index contributed by atoms with van der Waals surface area (Å²) in [5, 5.41) is 20.1.